The lowest BCUT2D eigenvalue weighted by Gasteiger charge is -2.31. The summed E-state index contributed by atoms with van der Waals surface area (Å²) < 4.78 is 34.2. The Labute approximate surface area is 128 Å². The van der Waals surface area contributed by atoms with Crippen molar-refractivity contribution in [3.05, 3.63) is 17.1 Å². The summed E-state index contributed by atoms with van der Waals surface area (Å²) in [7, 11) is -1.81. The molecule has 1 rings (SSSR count). The Morgan fingerprint density at radius 2 is 1.57 bits per heavy atom. The maximum Gasteiger partial charge on any atom is 0.244 e. The maximum absolute atomic E-state index is 12.9. The molecule has 0 spiro atoms. The van der Waals surface area contributed by atoms with Crippen LogP contribution in [0.15, 0.2) is 9.31 Å². The zero-order chi connectivity index (χ0) is 16.3. The molecule has 0 atom stereocenters. The fraction of sp³-hybridized carbons (Fsp3) is 0.733. The Kier molecular flexibility index (Phi) is 6.01. The van der Waals surface area contributed by atoms with Gasteiger partial charge in [0.1, 0.15) is 16.4 Å². The van der Waals surface area contributed by atoms with Crippen LogP contribution in [0.25, 0.3) is 0 Å². The highest BCUT2D eigenvalue weighted by molar-refractivity contribution is 7.89. The molecule has 0 aromatic carbocycles. The minimum absolute atomic E-state index is 0.286. The van der Waals surface area contributed by atoms with Crippen molar-refractivity contribution >= 4 is 10.0 Å². The molecular weight excluding hydrogens is 288 g/mol. The van der Waals surface area contributed by atoms with Crippen molar-refractivity contribution in [2.75, 3.05) is 7.05 Å². The fourth-order valence-electron chi connectivity index (χ4n) is 2.75. The lowest BCUT2D eigenvalue weighted by molar-refractivity contribution is 0.341. The minimum atomic E-state index is -3.60. The summed E-state index contributed by atoms with van der Waals surface area (Å²) in [6.45, 7) is 10.0. The normalized spacial score (nSPS) is 12.9. The van der Waals surface area contributed by atoms with E-state index in [4.69, 9.17) is 4.42 Å². The van der Waals surface area contributed by atoms with Crippen molar-refractivity contribution in [2.24, 2.45) is 0 Å². The zero-order valence-corrected chi connectivity index (χ0v) is 14.8. The third-order valence-electron chi connectivity index (χ3n) is 4.33. The van der Waals surface area contributed by atoms with Gasteiger partial charge in [0.2, 0.25) is 10.0 Å². The summed E-state index contributed by atoms with van der Waals surface area (Å²) in [5.41, 5.74) is 0.313. The van der Waals surface area contributed by atoms with Gasteiger partial charge in [0.05, 0.1) is 0 Å². The lowest BCUT2D eigenvalue weighted by atomic mass is 9.91. The molecular formula is C15H28N2O3S. The molecule has 1 aromatic heterocycles. The first-order chi connectivity index (χ1) is 9.76. The Bertz CT molecular complexity index is 564. The minimum Gasteiger partial charge on any atom is -0.465 e. The van der Waals surface area contributed by atoms with E-state index in [1.165, 1.54) is 0 Å². The van der Waals surface area contributed by atoms with Crippen LogP contribution in [0.2, 0.25) is 0 Å². The van der Waals surface area contributed by atoms with E-state index in [1.54, 1.807) is 20.9 Å². The van der Waals surface area contributed by atoms with E-state index in [2.05, 4.69) is 10.0 Å². The third-order valence-corrected chi connectivity index (χ3v) is 6.10. The van der Waals surface area contributed by atoms with Gasteiger partial charge in [0, 0.05) is 17.6 Å². The molecule has 0 aliphatic carbocycles. The van der Waals surface area contributed by atoms with Gasteiger partial charge in [-0.15, -0.1) is 0 Å². The summed E-state index contributed by atoms with van der Waals surface area (Å²) >= 11 is 0. The topological polar surface area (TPSA) is 71.3 Å². The highest BCUT2D eigenvalue weighted by Gasteiger charge is 2.34. The smallest absolute Gasteiger partial charge is 0.244 e. The van der Waals surface area contributed by atoms with Crippen molar-refractivity contribution < 1.29 is 12.8 Å². The molecule has 21 heavy (non-hydrogen) atoms. The van der Waals surface area contributed by atoms with E-state index in [-0.39, 0.29) is 4.90 Å². The molecule has 0 saturated heterocycles. The molecule has 1 aromatic rings. The first-order valence-electron chi connectivity index (χ1n) is 7.54. The zero-order valence-electron chi connectivity index (χ0n) is 14.0. The van der Waals surface area contributed by atoms with E-state index in [9.17, 15) is 8.42 Å². The number of furan rings is 1. The van der Waals surface area contributed by atoms with Crippen molar-refractivity contribution in [2.45, 2.75) is 70.9 Å². The number of nitrogens with one attached hydrogen (secondary N) is 2. The number of aryl methyl sites for hydroxylation is 2. The van der Waals surface area contributed by atoms with Gasteiger partial charge in [0.15, 0.2) is 0 Å². The molecule has 0 amide bonds. The Hall–Kier alpha value is -0.850. The number of hydrogen-bond acceptors (Lipinski definition) is 4. The van der Waals surface area contributed by atoms with Gasteiger partial charge in [0.25, 0.3) is 0 Å². The summed E-state index contributed by atoms with van der Waals surface area (Å²) in [5, 5.41) is 3.00. The first-order valence-corrected chi connectivity index (χ1v) is 9.02. The number of rotatable bonds is 8. The average Bonchev–Trinajstić information content (AvgIpc) is 2.72. The van der Waals surface area contributed by atoms with E-state index >= 15 is 0 Å². The van der Waals surface area contributed by atoms with Crippen molar-refractivity contribution in [3.8, 4) is 0 Å². The second kappa shape index (κ2) is 6.94. The molecule has 0 saturated carbocycles. The van der Waals surface area contributed by atoms with Crippen LogP contribution in [-0.2, 0) is 16.6 Å². The van der Waals surface area contributed by atoms with E-state index in [0.717, 1.165) is 19.3 Å². The molecule has 5 nitrogen and oxygen atoms in total. The van der Waals surface area contributed by atoms with Crippen LogP contribution in [-0.4, -0.2) is 21.0 Å². The predicted molar refractivity (Wildman–Crippen MR) is 84.9 cm³/mol. The van der Waals surface area contributed by atoms with E-state index in [0.29, 0.717) is 23.6 Å². The van der Waals surface area contributed by atoms with Crippen LogP contribution in [0.3, 0.4) is 0 Å². The predicted octanol–water partition coefficient (Wildman–Crippen LogP) is 2.86. The Morgan fingerprint density at radius 1 is 1.05 bits per heavy atom. The fourth-order valence-corrected chi connectivity index (χ4v) is 4.81. The van der Waals surface area contributed by atoms with E-state index in [1.807, 2.05) is 20.8 Å². The van der Waals surface area contributed by atoms with Crippen molar-refractivity contribution in [1.82, 2.24) is 10.0 Å². The molecule has 0 aliphatic rings. The maximum atomic E-state index is 12.9. The van der Waals surface area contributed by atoms with Crippen LogP contribution < -0.4 is 10.0 Å². The number of hydrogen-bond donors (Lipinski definition) is 2. The van der Waals surface area contributed by atoms with Crippen LogP contribution in [0.1, 0.15) is 57.1 Å². The lowest BCUT2D eigenvalue weighted by Crippen LogP contribution is -2.47. The highest BCUT2D eigenvalue weighted by Crippen LogP contribution is 2.29. The van der Waals surface area contributed by atoms with Crippen LogP contribution in [0, 0.1) is 13.8 Å². The second-order valence-corrected chi connectivity index (χ2v) is 7.12. The molecule has 1 heterocycles. The molecule has 6 heteroatoms. The molecule has 0 unspecified atom stereocenters. The van der Waals surface area contributed by atoms with Gasteiger partial charge in [-0.2, -0.15) is 0 Å². The molecule has 0 fully saturated rings. The van der Waals surface area contributed by atoms with Crippen LogP contribution in [0.5, 0.6) is 0 Å². The molecule has 0 bridgehead atoms. The third kappa shape index (κ3) is 3.67. The summed E-state index contributed by atoms with van der Waals surface area (Å²) in [6.07, 6.45) is 2.28. The summed E-state index contributed by atoms with van der Waals surface area (Å²) in [5.74, 6) is 1.10. The molecule has 2 N–H and O–H groups in total. The summed E-state index contributed by atoms with van der Waals surface area (Å²) in [6, 6.07) is 0. The SMILES string of the molecule is CCC(CC)(CC)NS(=O)(=O)c1c(C)oc(C)c1CNC. The first kappa shape index (κ1) is 18.2. The monoisotopic (exact) mass is 316 g/mol. The molecule has 122 valence electrons. The highest BCUT2D eigenvalue weighted by atomic mass is 32.2. The van der Waals surface area contributed by atoms with Gasteiger partial charge in [-0.1, -0.05) is 20.8 Å². The average molecular weight is 316 g/mol. The Morgan fingerprint density at radius 3 is 2.00 bits per heavy atom. The van der Waals surface area contributed by atoms with Gasteiger partial charge >= 0.3 is 0 Å². The Balaban J connectivity index is 3.31. The standard InChI is InChI=1S/C15H28N2O3S/c1-7-15(8-2,9-3)17-21(18,19)14-12(5)20-11(4)13(14)10-16-6/h16-17H,7-10H2,1-6H3. The second-order valence-electron chi connectivity index (χ2n) is 5.50. The number of sulfonamides is 1. The van der Waals surface area contributed by atoms with Gasteiger partial charge in [-0.25, -0.2) is 13.1 Å². The van der Waals surface area contributed by atoms with Crippen LogP contribution in [0.4, 0.5) is 0 Å². The van der Waals surface area contributed by atoms with Gasteiger partial charge in [-0.3, -0.25) is 0 Å². The van der Waals surface area contributed by atoms with Gasteiger partial charge in [-0.05, 0) is 40.2 Å². The van der Waals surface area contributed by atoms with Gasteiger partial charge < -0.3 is 9.73 Å². The largest absolute Gasteiger partial charge is 0.465 e. The summed E-state index contributed by atoms with van der Waals surface area (Å²) in [4.78, 5) is 0.286. The van der Waals surface area contributed by atoms with Crippen molar-refractivity contribution in [1.29, 1.82) is 0 Å². The van der Waals surface area contributed by atoms with Crippen LogP contribution >= 0.6 is 0 Å². The van der Waals surface area contributed by atoms with E-state index < -0.39 is 15.6 Å². The van der Waals surface area contributed by atoms with Crippen molar-refractivity contribution in [3.63, 3.8) is 0 Å². The molecule has 0 aliphatic heterocycles. The quantitative estimate of drug-likeness (QED) is 0.773. The molecule has 0 radical (unpaired) electrons.